The molecule has 5 heteroatoms. The first-order valence-electron chi connectivity index (χ1n) is 5.64. The smallest absolute Gasteiger partial charge is 0.407 e. The number of carbonyl (C=O) groups is 1. The van der Waals surface area contributed by atoms with Crippen LogP contribution in [0, 0.1) is 0 Å². The maximum Gasteiger partial charge on any atom is 0.407 e. The number of nitrogens with zero attached hydrogens (tertiary/aromatic N) is 2. The lowest BCUT2D eigenvalue weighted by Crippen LogP contribution is -2.38. The molecule has 0 aromatic heterocycles. The van der Waals surface area contributed by atoms with E-state index in [-0.39, 0.29) is 6.04 Å². The Bertz CT molecular complexity index is 405. The highest BCUT2D eigenvalue weighted by molar-refractivity contribution is 5.65. The largest absolute Gasteiger partial charge is 0.465 e. The van der Waals surface area contributed by atoms with E-state index in [2.05, 4.69) is 4.90 Å². The van der Waals surface area contributed by atoms with Crippen molar-refractivity contribution in [3.05, 3.63) is 24.3 Å². The van der Waals surface area contributed by atoms with Crippen molar-refractivity contribution in [2.24, 2.45) is 0 Å². The van der Waals surface area contributed by atoms with Gasteiger partial charge in [-0.1, -0.05) is 0 Å². The summed E-state index contributed by atoms with van der Waals surface area (Å²) < 4.78 is 0. The number of rotatable bonds is 2. The lowest BCUT2D eigenvalue weighted by atomic mass is 10.2. The van der Waals surface area contributed by atoms with E-state index in [1.54, 1.807) is 7.05 Å². The summed E-state index contributed by atoms with van der Waals surface area (Å²) in [6.07, 6.45) is 0.00171. The molecule has 0 bridgehead atoms. The van der Waals surface area contributed by atoms with Gasteiger partial charge >= 0.3 is 6.09 Å². The average molecular weight is 235 g/mol. The van der Waals surface area contributed by atoms with Crippen molar-refractivity contribution in [2.45, 2.75) is 12.5 Å². The summed E-state index contributed by atoms with van der Waals surface area (Å²) in [4.78, 5) is 14.4. The Kier molecular flexibility index (Phi) is 3.08. The standard InChI is InChI=1S/C12H17N3O2/c1-14(12(16)17)11-6-7-15(8-11)10-4-2-9(13)3-5-10/h2-5,11H,6-8,13H2,1H3,(H,16,17). The highest BCUT2D eigenvalue weighted by Gasteiger charge is 2.28. The van der Waals surface area contributed by atoms with Crippen molar-refractivity contribution >= 4 is 17.5 Å². The van der Waals surface area contributed by atoms with Crippen LogP contribution in [-0.4, -0.2) is 42.3 Å². The van der Waals surface area contributed by atoms with Gasteiger partial charge in [0.1, 0.15) is 0 Å². The second-order valence-electron chi connectivity index (χ2n) is 4.37. The third kappa shape index (κ3) is 2.43. The van der Waals surface area contributed by atoms with Gasteiger partial charge in [-0.15, -0.1) is 0 Å². The quantitative estimate of drug-likeness (QED) is 0.761. The van der Waals surface area contributed by atoms with Crippen molar-refractivity contribution in [1.29, 1.82) is 0 Å². The van der Waals surface area contributed by atoms with Crippen LogP contribution in [-0.2, 0) is 0 Å². The molecule has 1 unspecified atom stereocenters. The highest BCUT2D eigenvalue weighted by atomic mass is 16.4. The number of nitrogens with two attached hydrogens (primary N) is 1. The van der Waals surface area contributed by atoms with Crippen LogP contribution in [0.2, 0.25) is 0 Å². The van der Waals surface area contributed by atoms with E-state index in [1.807, 2.05) is 24.3 Å². The molecule has 1 aliphatic heterocycles. The Morgan fingerprint density at radius 1 is 1.47 bits per heavy atom. The summed E-state index contributed by atoms with van der Waals surface area (Å²) in [7, 11) is 1.62. The Hall–Kier alpha value is -1.91. The number of amides is 1. The maximum absolute atomic E-state index is 10.9. The molecule has 1 heterocycles. The molecule has 5 nitrogen and oxygen atoms in total. The van der Waals surface area contributed by atoms with E-state index in [1.165, 1.54) is 4.90 Å². The summed E-state index contributed by atoms with van der Waals surface area (Å²) in [6.45, 7) is 1.62. The molecule has 0 spiro atoms. The lowest BCUT2D eigenvalue weighted by Gasteiger charge is -2.23. The Morgan fingerprint density at radius 3 is 2.71 bits per heavy atom. The molecule has 1 fully saturated rings. The zero-order valence-electron chi connectivity index (χ0n) is 9.84. The van der Waals surface area contributed by atoms with E-state index < -0.39 is 6.09 Å². The van der Waals surface area contributed by atoms with Gasteiger partial charge in [-0.05, 0) is 30.7 Å². The molecule has 1 aliphatic rings. The first-order valence-corrected chi connectivity index (χ1v) is 5.64. The van der Waals surface area contributed by atoms with Crippen molar-refractivity contribution < 1.29 is 9.90 Å². The second-order valence-corrected chi connectivity index (χ2v) is 4.37. The molecule has 0 radical (unpaired) electrons. The van der Waals surface area contributed by atoms with Crippen molar-refractivity contribution in [3.8, 4) is 0 Å². The zero-order valence-corrected chi connectivity index (χ0v) is 9.84. The fourth-order valence-corrected chi connectivity index (χ4v) is 2.13. The third-order valence-corrected chi connectivity index (χ3v) is 3.27. The van der Waals surface area contributed by atoms with Crippen LogP contribution in [0.4, 0.5) is 16.2 Å². The predicted molar refractivity (Wildman–Crippen MR) is 67.3 cm³/mol. The first kappa shape index (κ1) is 11.6. The third-order valence-electron chi connectivity index (χ3n) is 3.27. The van der Waals surface area contributed by atoms with Gasteiger partial charge in [0, 0.05) is 31.5 Å². The normalized spacial score (nSPS) is 19.4. The Labute approximate surface area is 100 Å². The fraction of sp³-hybridized carbons (Fsp3) is 0.417. The molecule has 0 aliphatic carbocycles. The van der Waals surface area contributed by atoms with Gasteiger partial charge in [0.15, 0.2) is 0 Å². The molecular weight excluding hydrogens is 218 g/mol. The summed E-state index contributed by atoms with van der Waals surface area (Å²) in [5.74, 6) is 0. The van der Waals surface area contributed by atoms with Crippen LogP contribution in [0.3, 0.4) is 0 Å². The van der Waals surface area contributed by atoms with Gasteiger partial charge < -0.3 is 20.6 Å². The minimum Gasteiger partial charge on any atom is -0.465 e. The lowest BCUT2D eigenvalue weighted by molar-refractivity contribution is 0.142. The molecule has 1 amide bonds. The first-order chi connectivity index (χ1) is 8.08. The van der Waals surface area contributed by atoms with E-state index in [0.29, 0.717) is 0 Å². The second kappa shape index (κ2) is 4.53. The summed E-state index contributed by atoms with van der Waals surface area (Å²) in [5, 5.41) is 8.93. The van der Waals surface area contributed by atoms with Crippen molar-refractivity contribution in [2.75, 3.05) is 30.8 Å². The Morgan fingerprint density at radius 2 is 2.12 bits per heavy atom. The van der Waals surface area contributed by atoms with Gasteiger partial charge in [-0.3, -0.25) is 0 Å². The minimum atomic E-state index is -0.867. The number of hydrogen-bond donors (Lipinski definition) is 2. The van der Waals surface area contributed by atoms with E-state index in [4.69, 9.17) is 10.8 Å². The highest BCUT2D eigenvalue weighted by Crippen LogP contribution is 2.23. The van der Waals surface area contributed by atoms with E-state index in [9.17, 15) is 4.79 Å². The number of nitrogen functional groups attached to an aromatic ring is 1. The summed E-state index contributed by atoms with van der Waals surface area (Å²) in [6, 6.07) is 7.74. The van der Waals surface area contributed by atoms with Gasteiger partial charge in [-0.2, -0.15) is 0 Å². The molecule has 92 valence electrons. The number of benzene rings is 1. The molecule has 1 atom stereocenters. The monoisotopic (exact) mass is 235 g/mol. The number of hydrogen-bond acceptors (Lipinski definition) is 3. The number of likely N-dealkylation sites (N-methyl/N-ethyl adjacent to an activating group) is 1. The van der Waals surface area contributed by atoms with Crippen LogP contribution < -0.4 is 10.6 Å². The Balaban J connectivity index is 2.02. The molecule has 17 heavy (non-hydrogen) atoms. The average Bonchev–Trinajstić information content (AvgIpc) is 2.78. The zero-order chi connectivity index (χ0) is 12.4. The van der Waals surface area contributed by atoms with Gasteiger partial charge in [0.25, 0.3) is 0 Å². The maximum atomic E-state index is 10.9. The number of anilines is 2. The van der Waals surface area contributed by atoms with Crippen LogP contribution >= 0.6 is 0 Å². The predicted octanol–water partition coefficient (Wildman–Crippen LogP) is 1.46. The van der Waals surface area contributed by atoms with E-state index in [0.717, 1.165) is 30.9 Å². The van der Waals surface area contributed by atoms with Crippen LogP contribution in [0.25, 0.3) is 0 Å². The van der Waals surface area contributed by atoms with Crippen LogP contribution in [0.5, 0.6) is 0 Å². The molecule has 0 saturated carbocycles. The molecule has 1 aromatic rings. The molecule has 2 rings (SSSR count). The fourth-order valence-electron chi connectivity index (χ4n) is 2.13. The van der Waals surface area contributed by atoms with Crippen LogP contribution in [0.15, 0.2) is 24.3 Å². The van der Waals surface area contributed by atoms with Gasteiger partial charge in [0.2, 0.25) is 0 Å². The summed E-state index contributed by atoms with van der Waals surface area (Å²) >= 11 is 0. The summed E-state index contributed by atoms with van der Waals surface area (Å²) in [5.41, 5.74) is 7.48. The van der Waals surface area contributed by atoms with Crippen molar-refractivity contribution in [3.63, 3.8) is 0 Å². The molecule has 1 aromatic carbocycles. The SMILES string of the molecule is CN(C(=O)O)C1CCN(c2ccc(N)cc2)C1. The topological polar surface area (TPSA) is 69.8 Å². The molecule has 3 N–H and O–H groups in total. The van der Waals surface area contributed by atoms with E-state index >= 15 is 0 Å². The molecular formula is C12H17N3O2. The minimum absolute atomic E-state index is 0.0741. The van der Waals surface area contributed by atoms with Gasteiger partial charge in [0.05, 0.1) is 6.04 Å². The molecule has 1 saturated heterocycles. The number of carboxylic acid groups (broad SMARTS) is 1. The van der Waals surface area contributed by atoms with Gasteiger partial charge in [-0.25, -0.2) is 4.79 Å². The van der Waals surface area contributed by atoms with Crippen LogP contribution in [0.1, 0.15) is 6.42 Å². The van der Waals surface area contributed by atoms with Crippen molar-refractivity contribution in [1.82, 2.24) is 4.90 Å².